The summed E-state index contributed by atoms with van der Waals surface area (Å²) in [6, 6.07) is 9.86. The van der Waals surface area contributed by atoms with Crippen LogP contribution >= 0.6 is 0 Å². The Hall–Kier alpha value is -2.96. The van der Waals surface area contributed by atoms with Crippen molar-refractivity contribution in [2.45, 2.75) is 46.7 Å². The van der Waals surface area contributed by atoms with Crippen LogP contribution in [0.2, 0.25) is 0 Å². The average Bonchev–Trinajstić information content (AvgIpc) is 3.05. The van der Waals surface area contributed by atoms with Gasteiger partial charge in [-0.05, 0) is 38.8 Å². The Morgan fingerprint density at radius 2 is 1.88 bits per heavy atom. The molecule has 3 aromatic rings. The maximum absolute atomic E-state index is 12.7. The summed E-state index contributed by atoms with van der Waals surface area (Å²) in [5.74, 6) is 0.307. The molecule has 1 aromatic carbocycles. The number of carbonyl (C=O) groups is 1. The van der Waals surface area contributed by atoms with Crippen LogP contribution in [0.5, 0.6) is 0 Å². The summed E-state index contributed by atoms with van der Waals surface area (Å²) in [6.45, 7) is 7.50. The molecule has 0 saturated carbocycles. The van der Waals surface area contributed by atoms with Crippen LogP contribution in [0.25, 0.3) is 16.8 Å². The maximum Gasteiger partial charge on any atom is 0.293 e. The summed E-state index contributed by atoms with van der Waals surface area (Å²) < 4.78 is 2.72. The highest BCUT2D eigenvalue weighted by atomic mass is 16.2. The Morgan fingerprint density at radius 1 is 1.19 bits per heavy atom. The van der Waals surface area contributed by atoms with Gasteiger partial charge in [0.1, 0.15) is 17.9 Å². The molecule has 0 atom stereocenters. The van der Waals surface area contributed by atoms with Crippen LogP contribution in [0.4, 0.5) is 0 Å². The van der Waals surface area contributed by atoms with Gasteiger partial charge in [0.2, 0.25) is 5.91 Å². The third kappa shape index (κ3) is 3.51. The Kier molecular flexibility index (Phi) is 4.88. The van der Waals surface area contributed by atoms with E-state index < -0.39 is 0 Å². The molecular weight excluding hydrogens is 330 g/mol. The SMILES string of the molecule is CCc1ccc(-c2cc3c(=O)n(CC(=O)NC(C)C)nc(C)n3n2)cc1. The molecule has 0 spiro atoms. The van der Waals surface area contributed by atoms with Crippen LogP contribution < -0.4 is 10.9 Å². The first-order chi connectivity index (χ1) is 12.4. The second kappa shape index (κ2) is 7.11. The Balaban J connectivity index is 2.01. The van der Waals surface area contributed by atoms with Crippen molar-refractivity contribution >= 4 is 11.4 Å². The van der Waals surface area contributed by atoms with Gasteiger partial charge in [-0.2, -0.15) is 10.2 Å². The standard InChI is InChI=1S/C19H23N5O2/c1-5-14-6-8-15(9-7-14)16-10-17-19(26)23(11-18(25)20-12(2)3)21-13(4)24(17)22-16/h6-10,12H,5,11H2,1-4H3,(H,20,25). The molecule has 0 fully saturated rings. The number of nitrogens with one attached hydrogen (secondary N) is 1. The van der Waals surface area contributed by atoms with Gasteiger partial charge >= 0.3 is 0 Å². The van der Waals surface area contributed by atoms with E-state index in [2.05, 4.69) is 34.6 Å². The first-order valence-electron chi connectivity index (χ1n) is 8.75. The Bertz CT molecular complexity index is 999. The van der Waals surface area contributed by atoms with Gasteiger partial charge in [0.15, 0.2) is 0 Å². The number of benzene rings is 1. The van der Waals surface area contributed by atoms with Crippen molar-refractivity contribution in [3.05, 3.63) is 52.1 Å². The third-order valence-electron chi connectivity index (χ3n) is 4.14. The Morgan fingerprint density at radius 3 is 2.50 bits per heavy atom. The lowest BCUT2D eigenvalue weighted by Gasteiger charge is -2.10. The minimum Gasteiger partial charge on any atom is -0.352 e. The van der Waals surface area contributed by atoms with E-state index in [-0.39, 0.29) is 24.1 Å². The fourth-order valence-corrected chi connectivity index (χ4v) is 2.84. The first-order valence-corrected chi connectivity index (χ1v) is 8.75. The van der Waals surface area contributed by atoms with Crippen molar-refractivity contribution in [3.63, 3.8) is 0 Å². The van der Waals surface area contributed by atoms with Gasteiger partial charge < -0.3 is 5.32 Å². The summed E-state index contributed by atoms with van der Waals surface area (Å²) in [4.78, 5) is 24.7. The monoisotopic (exact) mass is 353 g/mol. The Labute approximate surface area is 151 Å². The van der Waals surface area contributed by atoms with Crippen LogP contribution in [-0.4, -0.2) is 31.3 Å². The molecule has 0 unspecified atom stereocenters. The van der Waals surface area contributed by atoms with E-state index in [1.807, 2.05) is 26.0 Å². The van der Waals surface area contributed by atoms with E-state index in [1.165, 1.54) is 14.8 Å². The minimum absolute atomic E-state index is 0.00990. The van der Waals surface area contributed by atoms with E-state index in [0.717, 1.165) is 12.0 Å². The summed E-state index contributed by atoms with van der Waals surface area (Å²) in [7, 11) is 0. The van der Waals surface area contributed by atoms with E-state index in [4.69, 9.17) is 0 Å². The van der Waals surface area contributed by atoms with E-state index in [1.54, 1.807) is 13.0 Å². The number of rotatable bonds is 5. The fourth-order valence-electron chi connectivity index (χ4n) is 2.84. The van der Waals surface area contributed by atoms with Gasteiger partial charge in [-0.25, -0.2) is 9.20 Å². The van der Waals surface area contributed by atoms with Crippen LogP contribution in [-0.2, 0) is 17.8 Å². The number of carbonyl (C=O) groups excluding carboxylic acids is 1. The highest BCUT2D eigenvalue weighted by molar-refractivity contribution is 5.76. The number of hydrogen-bond acceptors (Lipinski definition) is 4. The zero-order chi connectivity index (χ0) is 18.8. The number of nitrogens with zero attached hydrogens (tertiary/aromatic N) is 4. The van der Waals surface area contributed by atoms with Crippen LogP contribution in [0.15, 0.2) is 35.1 Å². The van der Waals surface area contributed by atoms with Crippen molar-refractivity contribution in [1.29, 1.82) is 0 Å². The van der Waals surface area contributed by atoms with Crippen molar-refractivity contribution in [2.75, 3.05) is 0 Å². The molecule has 2 heterocycles. The van der Waals surface area contributed by atoms with Gasteiger partial charge in [-0.3, -0.25) is 9.59 Å². The number of amides is 1. The van der Waals surface area contributed by atoms with Crippen LogP contribution in [0.3, 0.4) is 0 Å². The summed E-state index contributed by atoms with van der Waals surface area (Å²) >= 11 is 0. The predicted molar refractivity (Wildman–Crippen MR) is 100 cm³/mol. The highest BCUT2D eigenvalue weighted by Gasteiger charge is 2.15. The predicted octanol–water partition coefficient (Wildman–Crippen LogP) is 1.95. The molecule has 26 heavy (non-hydrogen) atoms. The molecule has 2 aromatic heterocycles. The quantitative estimate of drug-likeness (QED) is 0.760. The normalized spacial score (nSPS) is 11.3. The topological polar surface area (TPSA) is 81.3 Å². The number of hydrogen-bond donors (Lipinski definition) is 1. The minimum atomic E-state index is -0.335. The summed E-state index contributed by atoms with van der Waals surface area (Å²) in [6.07, 6.45) is 0.970. The van der Waals surface area contributed by atoms with Crippen molar-refractivity contribution in [3.8, 4) is 11.3 Å². The average molecular weight is 353 g/mol. The molecule has 0 radical (unpaired) electrons. The molecule has 1 amide bonds. The lowest BCUT2D eigenvalue weighted by molar-refractivity contribution is -0.122. The van der Waals surface area contributed by atoms with Gasteiger partial charge in [0.05, 0.1) is 5.69 Å². The molecule has 0 saturated heterocycles. The van der Waals surface area contributed by atoms with Crippen molar-refractivity contribution in [2.24, 2.45) is 0 Å². The summed E-state index contributed by atoms with van der Waals surface area (Å²) in [5, 5.41) is 11.5. The molecule has 7 nitrogen and oxygen atoms in total. The highest BCUT2D eigenvalue weighted by Crippen LogP contribution is 2.19. The number of fused-ring (bicyclic) bond motifs is 1. The van der Waals surface area contributed by atoms with Crippen LogP contribution in [0.1, 0.15) is 32.2 Å². The molecule has 136 valence electrons. The number of aryl methyl sites for hydroxylation is 2. The first kappa shape index (κ1) is 17.8. The molecule has 7 heteroatoms. The van der Waals surface area contributed by atoms with Crippen molar-refractivity contribution in [1.82, 2.24) is 24.7 Å². The molecular formula is C19H23N5O2. The zero-order valence-electron chi connectivity index (χ0n) is 15.5. The van der Waals surface area contributed by atoms with Crippen LogP contribution in [0, 0.1) is 6.92 Å². The van der Waals surface area contributed by atoms with Gasteiger partial charge in [0.25, 0.3) is 5.56 Å². The second-order valence-electron chi connectivity index (χ2n) is 6.61. The second-order valence-corrected chi connectivity index (χ2v) is 6.61. The molecule has 3 rings (SSSR count). The smallest absolute Gasteiger partial charge is 0.293 e. The largest absolute Gasteiger partial charge is 0.352 e. The van der Waals surface area contributed by atoms with Gasteiger partial charge in [0, 0.05) is 11.6 Å². The van der Waals surface area contributed by atoms with Gasteiger partial charge in [-0.1, -0.05) is 31.2 Å². The maximum atomic E-state index is 12.7. The third-order valence-corrected chi connectivity index (χ3v) is 4.14. The molecule has 0 aliphatic rings. The lowest BCUT2D eigenvalue weighted by Crippen LogP contribution is -2.37. The fraction of sp³-hybridized carbons (Fsp3) is 0.368. The molecule has 1 N–H and O–H groups in total. The van der Waals surface area contributed by atoms with Gasteiger partial charge in [-0.15, -0.1) is 0 Å². The van der Waals surface area contributed by atoms with E-state index in [0.29, 0.717) is 17.0 Å². The van der Waals surface area contributed by atoms with E-state index in [9.17, 15) is 9.59 Å². The lowest BCUT2D eigenvalue weighted by atomic mass is 10.1. The molecule has 0 aliphatic heterocycles. The zero-order valence-corrected chi connectivity index (χ0v) is 15.5. The van der Waals surface area contributed by atoms with Crippen molar-refractivity contribution < 1.29 is 4.79 Å². The molecule has 0 bridgehead atoms. The molecule has 0 aliphatic carbocycles. The number of aromatic nitrogens is 4. The summed E-state index contributed by atoms with van der Waals surface area (Å²) in [5.41, 5.74) is 2.96. The van der Waals surface area contributed by atoms with E-state index >= 15 is 0 Å².